The third-order valence-corrected chi connectivity index (χ3v) is 19.6. The van der Waals surface area contributed by atoms with Gasteiger partial charge in [-0.05, 0) is 137 Å². The molecule has 1 aliphatic rings. The van der Waals surface area contributed by atoms with Gasteiger partial charge < -0.3 is 0 Å². The van der Waals surface area contributed by atoms with Crippen molar-refractivity contribution >= 4 is 23.6 Å². The van der Waals surface area contributed by atoms with E-state index in [1.807, 2.05) is 0 Å². The van der Waals surface area contributed by atoms with Gasteiger partial charge in [0.2, 0.25) is 0 Å². The fraction of sp³-hybridized carbons (Fsp3) is 0.651. The highest BCUT2D eigenvalue weighted by molar-refractivity contribution is 7.13. The topological polar surface area (TPSA) is 0 Å². The maximum Gasteiger partial charge on any atom is 0.158 e. The Balaban J connectivity index is 2.15. The standard InChI is InChI=1S/C63H100Si/c1-10-16-22-28-34-52-42-53(35-29-23-17-11-2)46-60(45-52)64(59-41-40-58(51-59)63(7,8)9,61-47-54(36-30-24-18-12-3)43-55(48-61)37-31-25-19-13-4)62-49-56(38-32-26-20-14-5)44-57(50-62)39-33-27-21-15-6/h40-51,59H,10-39H2,1-9H3. The number of hydrogen-bond donors (Lipinski definition) is 0. The maximum absolute atomic E-state index is 2.80. The Kier molecular flexibility index (Phi) is 25.2. The van der Waals surface area contributed by atoms with E-state index in [4.69, 9.17) is 0 Å². The minimum absolute atomic E-state index is 0.105. The summed E-state index contributed by atoms with van der Waals surface area (Å²) in [6.45, 7) is 21.5. The Morgan fingerprint density at radius 3 is 0.797 bits per heavy atom. The molecule has 356 valence electrons. The molecule has 64 heavy (non-hydrogen) atoms. The first-order chi connectivity index (χ1) is 31.1. The summed E-state index contributed by atoms with van der Waals surface area (Å²) in [4.78, 5) is 0. The van der Waals surface area contributed by atoms with Gasteiger partial charge in [0.05, 0.1) is 0 Å². The molecule has 0 aromatic heterocycles. The molecule has 0 bridgehead atoms. The number of allylic oxidation sites excluding steroid dienone is 4. The Morgan fingerprint density at radius 2 is 0.594 bits per heavy atom. The minimum Gasteiger partial charge on any atom is -0.0790 e. The SMILES string of the molecule is CCCCCCc1cc(CCCCCC)cc([Si](c2cc(CCCCCC)cc(CCCCCC)c2)(c2cc(CCCCCC)cc(CCCCCC)c2)C2C=CC(C(C)(C)C)=C2)c1. The molecule has 0 N–H and O–H groups in total. The van der Waals surface area contributed by atoms with Crippen LogP contribution in [0.15, 0.2) is 78.4 Å². The van der Waals surface area contributed by atoms with Gasteiger partial charge in [0.1, 0.15) is 0 Å². The van der Waals surface area contributed by atoms with Crippen molar-refractivity contribution in [3.63, 3.8) is 0 Å². The van der Waals surface area contributed by atoms with Gasteiger partial charge >= 0.3 is 0 Å². The van der Waals surface area contributed by atoms with Gasteiger partial charge in [0.15, 0.2) is 8.07 Å². The number of aryl methyl sites for hydroxylation is 6. The van der Waals surface area contributed by atoms with Crippen LogP contribution >= 0.6 is 0 Å². The van der Waals surface area contributed by atoms with Crippen LogP contribution in [-0.4, -0.2) is 8.07 Å². The minimum atomic E-state index is -2.79. The number of hydrogen-bond acceptors (Lipinski definition) is 0. The monoisotopic (exact) mass is 885 g/mol. The summed E-state index contributed by atoms with van der Waals surface area (Å²) in [6.07, 6.45) is 46.8. The number of unbranched alkanes of at least 4 members (excludes halogenated alkanes) is 18. The van der Waals surface area contributed by atoms with Gasteiger partial charge in [-0.3, -0.25) is 0 Å². The second-order valence-corrected chi connectivity index (χ2v) is 25.6. The van der Waals surface area contributed by atoms with Crippen molar-refractivity contribution in [2.45, 2.75) is 260 Å². The van der Waals surface area contributed by atoms with Crippen molar-refractivity contribution in [1.82, 2.24) is 0 Å². The molecule has 0 radical (unpaired) electrons. The van der Waals surface area contributed by atoms with Crippen LogP contribution in [0.1, 0.15) is 250 Å². The van der Waals surface area contributed by atoms with Crippen LogP contribution in [-0.2, 0) is 38.5 Å². The molecular formula is C63H100Si. The zero-order chi connectivity index (χ0) is 46.0. The Morgan fingerprint density at radius 1 is 0.344 bits per heavy atom. The smallest absolute Gasteiger partial charge is 0.0790 e. The summed E-state index contributed by atoms with van der Waals surface area (Å²) in [7, 11) is -2.79. The lowest BCUT2D eigenvalue weighted by Gasteiger charge is -2.39. The molecule has 0 saturated heterocycles. The second kappa shape index (κ2) is 29.9. The third kappa shape index (κ3) is 17.2. The summed E-state index contributed by atoms with van der Waals surface area (Å²) < 4.78 is 0. The zero-order valence-corrected chi connectivity index (χ0v) is 44.7. The van der Waals surface area contributed by atoms with Crippen LogP contribution in [0.5, 0.6) is 0 Å². The van der Waals surface area contributed by atoms with Crippen LogP contribution in [0.25, 0.3) is 0 Å². The fourth-order valence-corrected chi connectivity index (χ4v) is 16.2. The van der Waals surface area contributed by atoms with Gasteiger partial charge in [-0.1, -0.05) is 251 Å². The molecule has 1 heteroatoms. The van der Waals surface area contributed by atoms with Gasteiger partial charge in [-0.2, -0.15) is 0 Å². The molecule has 0 amide bonds. The molecule has 3 aromatic rings. The molecule has 3 aromatic carbocycles. The Hall–Kier alpha value is -2.64. The first kappa shape index (κ1) is 54.0. The predicted molar refractivity (Wildman–Crippen MR) is 291 cm³/mol. The highest BCUT2D eigenvalue weighted by atomic mass is 28.3. The number of rotatable bonds is 34. The summed E-state index contributed by atoms with van der Waals surface area (Å²) in [5.74, 6) is 0. The van der Waals surface area contributed by atoms with E-state index in [9.17, 15) is 0 Å². The van der Waals surface area contributed by atoms with Crippen LogP contribution in [0, 0.1) is 5.41 Å². The molecule has 0 heterocycles. The largest absolute Gasteiger partial charge is 0.158 e. The molecule has 0 aliphatic heterocycles. The summed E-state index contributed by atoms with van der Waals surface area (Å²) in [6, 6.07) is 24.8. The lowest BCUT2D eigenvalue weighted by molar-refractivity contribution is 0.518. The van der Waals surface area contributed by atoms with E-state index < -0.39 is 8.07 Å². The summed E-state index contributed by atoms with van der Waals surface area (Å²) in [5.41, 5.74) is 11.6. The highest BCUT2D eigenvalue weighted by Crippen LogP contribution is 2.39. The van der Waals surface area contributed by atoms with E-state index in [0.717, 1.165) is 0 Å². The average molecular weight is 886 g/mol. The van der Waals surface area contributed by atoms with E-state index >= 15 is 0 Å². The van der Waals surface area contributed by atoms with Gasteiger partial charge in [0.25, 0.3) is 0 Å². The highest BCUT2D eigenvalue weighted by Gasteiger charge is 2.47. The Labute approximate surface area is 399 Å². The predicted octanol–water partition coefficient (Wildman–Crippen LogP) is 17.8. The second-order valence-electron chi connectivity index (χ2n) is 21.5. The van der Waals surface area contributed by atoms with E-state index in [2.05, 4.69) is 135 Å². The summed E-state index contributed by atoms with van der Waals surface area (Å²) in [5, 5.41) is 5.06. The fourth-order valence-electron chi connectivity index (χ4n) is 10.7. The van der Waals surface area contributed by atoms with Crippen molar-refractivity contribution < 1.29 is 0 Å². The maximum atomic E-state index is 2.80. The van der Waals surface area contributed by atoms with Crippen LogP contribution in [0.2, 0.25) is 5.54 Å². The first-order valence-electron chi connectivity index (χ1n) is 27.9. The van der Waals surface area contributed by atoms with Crippen molar-refractivity contribution in [3.05, 3.63) is 112 Å². The molecule has 1 unspecified atom stereocenters. The molecule has 4 rings (SSSR count). The molecule has 0 spiro atoms. The first-order valence-corrected chi connectivity index (χ1v) is 30.0. The van der Waals surface area contributed by atoms with Crippen molar-refractivity contribution in [2.24, 2.45) is 5.41 Å². The lowest BCUT2D eigenvalue weighted by Crippen LogP contribution is -2.69. The molecular weight excluding hydrogens is 785 g/mol. The van der Waals surface area contributed by atoms with Crippen molar-refractivity contribution in [2.75, 3.05) is 0 Å². The van der Waals surface area contributed by atoms with Crippen molar-refractivity contribution in [1.29, 1.82) is 0 Å². The molecule has 1 aliphatic carbocycles. The van der Waals surface area contributed by atoms with Crippen LogP contribution in [0.3, 0.4) is 0 Å². The summed E-state index contributed by atoms with van der Waals surface area (Å²) >= 11 is 0. The quantitative estimate of drug-likeness (QED) is 0.0318. The average Bonchev–Trinajstić information content (AvgIpc) is 3.79. The van der Waals surface area contributed by atoms with E-state index in [1.165, 1.54) is 198 Å². The van der Waals surface area contributed by atoms with Gasteiger partial charge in [0, 0.05) is 5.54 Å². The van der Waals surface area contributed by atoms with Gasteiger partial charge in [-0.15, -0.1) is 0 Å². The molecule has 0 saturated carbocycles. The Bertz CT molecular complexity index is 1530. The van der Waals surface area contributed by atoms with Gasteiger partial charge in [-0.25, -0.2) is 0 Å². The third-order valence-electron chi connectivity index (χ3n) is 14.6. The molecule has 0 nitrogen and oxygen atoms in total. The van der Waals surface area contributed by atoms with Crippen molar-refractivity contribution in [3.8, 4) is 0 Å². The molecule has 0 fully saturated rings. The van der Waals surface area contributed by atoms with E-state index in [1.54, 1.807) is 48.9 Å². The number of benzene rings is 3. The molecule has 1 atom stereocenters. The lowest BCUT2D eigenvalue weighted by atomic mass is 9.87. The van der Waals surface area contributed by atoms with E-state index in [-0.39, 0.29) is 5.41 Å². The van der Waals surface area contributed by atoms with E-state index in [0.29, 0.717) is 5.54 Å². The zero-order valence-electron chi connectivity index (χ0n) is 43.7. The normalized spacial score (nSPS) is 14.2. The van der Waals surface area contributed by atoms with Crippen LogP contribution < -0.4 is 15.6 Å². The van der Waals surface area contributed by atoms with Crippen LogP contribution in [0.4, 0.5) is 0 Å².